The molecule has 0 aliphatic carbocycles. The van der Waals surface area contributed by atoms with E-state index >= 15 is 0 Å². The van der Waals surface area contributed by atoms with Crippen molar-refractivity contribution >= 4 is 6.09 Å². The highest BCUT2D eigenvalue weighted by Crippen LogP contribution is 2.11. The summed E-state index contributed by atoms with van der Waals surface area (Å²) in [6.07, 6.45) is -0.400. The van der Waals surface area contributed by atoms with Crippen LogP contribution in [0, 0.1) is 13.8 Å². The zero-order valence-electron chi connectivity index (χ0n) is 13.2. The van der Waals surface area contributed by atoms with Gasteiger partial charge < -0.3 is 19.9 Å². The van der Waals surface area contributed by atoms with Crippen LogP contribution in [-0.2, 0) is 11.3 Å². The van der Waals surface area contributed by atoms with E-state index in [1.165, 1.54) is 0 Å². The van der Waals surface area contributed by atoms with E-state index in [0.29, 0.717) is 13.1 Å². The Balaban J connectivity index is 2.31. The van der Waals surface area contributed by atoms with Gasteiger partial charge in [-0.05, 0) is 41.5 Å². The van der Waals surface area contributed by atoms with Crippen molar-refractivity contribution in [1.82, 2.24) is 15.8 Å². The summed E-state index contributed by atoms with van der Waals surface area (Å²) in [4.78, 5) is 11.5. The third kappa shape index (κ3) is 5.61. The number of alkyl carbamates (subject to hydrolysis) is 1. The Labute approximate surface area is 120 Å². The van der Waals surface area contributed by atoms with Crippen molar-refractivity contribution in [2.45, 2.75) is 59.7 Å². The van der Waals surface area contributed by atoms with Gasteiger partial charge in [0, 0.05) is 24.7 Å². The molecule has 1 aromatic heterocycles. The topological polar surface area (TPSA) is 76.4 Å². The van der Waals surface area contributed by atoms with Crippen LogP contribution in [0.4, 0.5) is 4.79 Å². The molecular weight excluding hydrogens is 258 g/mol. The van der Waals surface area contributed by atoms with Gasteiger partial charge in [0.25, 0.3) is 0 Å². The van der Waals surface area contributed by atoms with Crippen LogP contribution >= 0.6 is 0 Å². The van der Waals surface area contributed by atoms with Crippen LogP contribution in [0.3, 0.4) is 0 Å². The fraction of sp³-hybridized carbons (Fsp3) is 0.714. The molecule has 0 aliphatic rings. The number of hydrogen-bond donors (Lipinski definition) is 2. The molecule has 0 aromatic carbocycles. The highest BCUT2D eigenvalue weighted by atomic mass is 16.6. The first-order valence-electron chi connectivity index (χ1n) is 6.81. The van der Waals surface area contributed by atoms with E-state index in [1.54, 1.807) is 0 Å². The maximum absolute atomic E-state index is 11.5. The van der Waals surface area contributed by atoms with E-state index in [2.05, 4.69) is 15.8 Å². The van der Waals surface area contributed by atoms with Crippen LogP contribution in [0.2, 0.25) is 0 Å². The Morgan fingerprint density at radius 2 is 2.05 bits per heavy atom. The summed E-state index contributed by atoms with van der Waals surface area (Å²) in [5.41, 5.74) is 1.48. The molecule has 1 heterocycles. The first-order valence-corrected chi connectivity index (χ1v) is 6.81. The molecule has 1 unspecified atom stereocenters. The van der Waals surface area contributed by atoms with Gasteiger partial charge in [-0.25, -0.2) is 4.79 Å². The van der Waals surface area contributed by atoms with Crippen molar-refractivity contribution in [3.63, 3.8) is 0 Å². The summed E-state index contributed by atoms with van der Waals surface area (Å²) in [5.74, 6) is 0.822. The molecule has 1 aromatic rings. The lowest BCUT2D eigenvalue weighted by Crippen LogP contribution is -2.41. The van der Waals surface area contributed by atoms with Crippen molar-refractivity contribution in [1.29, 1.82) is 0 Å². The first kappa shape index (κ1) is 16.5. The molecule has 1 amide bonds. The van der Waals surface area contributed by atoms with Crippen LogP contribution < -0.4 is 10.6 Å². The Bertz CT molecular complexity index is 430. The molecule has 6 heteroatoms. The average Bonchev–Trinajstić information content (AvgIpc) is 2.62. The van der Waals surface area contributed by atoms with E-state index in [9.17, 15) is 4.79 Å². The highest BCUT2D eigenvalue weighted by molar-refractivity contribution is 5.67. The quantitative estimate of drug-likeness (QED) is 0.867. The molecule has 0 aliphatic heterocycles. The van der Waals surface area contributed by atoms with Crippen LogP contribution in [0.1, 0.15) is 44.7 Å². The number of carbonyl (C=O) groups excluding carboxylic acids is 1. The van der Waals surface area contributed by atoms with Gasteiger partial charge >= 0.3 is 6.09 Å². The molecule has 1 atom stereocenters. The molecule has 0 bridgehead atoms. The largest absolute Gasteiger partial charge is 0.444 e. The summed E-state index contributed by atoms with van der Waals surface area (Å²) in [7, 11) is 0. The predicted octanol–water partition coefficient (Wildman–Crippen LogP) is 2.29. The number of aromatic nitrogens is 1. The van der Waals surface area contributed by atoms with Gasteiger partial charge in [0.1, 0.15) is 11.4 Å². The molecule has 0 radical (unpaired) electrons. The number of carbonyl (C=O) groups is 1. The van der Waals surface area contributed by atoms with E-state index in [1.807, 2.05) is 41.5 Å². The number of hydrogen-bond acceptors (Lipinski definition) is 5. The average molecular weight is 283 g/mol. The van der Waals surface area contributed by atoms with Crippen molar-refractivity contribution in [3.8, 4) is 0 Å². The second-order valence-corrected chi connectivity index (χ2v) is 5.97. The Morgan fingerprint density at radius 3 is 2.55 bits per heavy atom. The highest BCUT2D eigenvalue weighted by Gasteiger charge is 2.16. The molecule has 20 heavy (non-hydrogen) atoms. The lowest BCUT2D eigenvalue weighted by Gasteiger charge is -2.21. The van der Waals surface area contributed by atoms with Crippen molar-refractivity contribution in [3.05, 3.63) is 17.0 Å². The number of rotatable bonds is 5. The minimum atomic E-state index is -0.475. The molecule has 6 nitrogen and oxygen atoms in total. The number of nitrogens with one attached hydrogen (secondary N) is 2. The van der Waals surface area contributed by atoms with Crippen molar-refractivity contribution in [2.24, 2.45) is 0 Å². The summed E-state index contributed by atoms with van der Waals surface area (Å²) in [6.45, 7) is 12.5. The lowest BCUT2D eigenvalue weighted by atomic mass is 10.2. The molecule has 0 saturated carbocycles. The van der Waals surface area contributed by atoms with Crippen molar-refractivity contribution in [2.75, 3.05) is 6.54 Å². The molecule has 114 valence electrons. The SMILES string of the molecule is Cc1noc(C)c1CNC(C)CNC(=O)OC(C)(C)C. The van der Waals surface area contributed by atoms with Gasteiger partial charge in [0.15, 0.2) is 0 Å². The minimum absolute atomic E-state index is 0.121. The van der Waals surface area contributed by atoms with E-state index in [4.69, 9.17) is 9.26 Å². The molecular formula is C14H25N3O3. The van der Waals surface area contributed by atoms with E-state index in [-0.39, 0.29) is 6.04 Å². The fourth-order valence-electron chi connectivity index (χ4n) is 1.65. The predicted molar refractivity (Wildman–Crippen MR) is 76.5 cm³/mol. The van der Waals surface area contributed by atoms with Crippen LogP contribution in [0.25, 0.3) is 0 Å². The maximum Gasteiger partial charge on any atom is 0.407 e. The van der Waals surface area contributed by atoms with Crippen LogP contribution in [-0.4, -0.2) is 29.4 Å². The monoisotopic (exact) mass is 283 g/mol. The zero-order valence-corrected chi connectivity index (χ0v) is 13.2. The molecule has 0 spiro atoms. The zero-order chi connectivity index (χ0) is 15.3. The van der Waals surface area contributed by atoms with Crippen LogP contribution in [0.5, 0.6) is 0 Å². The minimum Gasteiger partial charge on any atom is -0.444 e. The summed E-state index contributed by atoms with van der Waals surface area (Å²) in [5, 5.41) is 9.95. The van der Waals surface area contributed by atoms with Crippen LogP contribution in [0.15, 0.2) is 4.52 Å². The normalized spacial score (nSPS) is 13.1. The summed E-state index contributed by atoms with van der Waals surface area (Å²) in [6, 6.07) is 0.121. The standard InChI is InChI=1S/C14H25N3O3/c1-9(7-16-13(18)19-14(4,5)6)15-8-12-10(2)17-20-11(12)3/h9,15H,7-8H2,1-6H3,(H,16,18). The second kappa shape index (κ2) is 6.74. The van der Waals surface area contributed by atoms with Gasteiger partial charge in [-0.15, -0.1) is 0 Å². The smallest absolute Gasteiger partial charge is 0.407 e. The van der Waals surface area contributed by atoms with Gasteiger partial charge in [-0.1, -0.05) is 5.16 Å². The number of ether oxygens (including phenoxy) is 1. The number of aryl methyl sites for hydroxylation is 2. The van der Waals surface area contributed by atoms with Gasteiger partial charge in [0.2, 0.25) is 0 Å². The Hall–Kier alpha value is -1.56. The number of amides is 1. The molecule has 0 saturated heterocycles. The van der Waals surface area contributed by atoms with Gasteiger partial charge in [0.05, 0.1) is 5.69 Å². The molecule has 1 rings (SSSR count). The van der Waals surface area contributed by atoms with Gasteiger partial charge in [-0.3, -0.25) is 0 Å². The second-order valence-electron chi connectivity index (χ2n) is 5.97. The van der Waals surface area contributed by atoms with Crippen molar-refractivity contribution < 1.29 is 14.1 Å². The molecule has 0 fully saturated rings. The maximum atomic E-state index is 11.5. The lowest BCUT2D eigenvalue weighted by molar-refractivity contribution is 0.0523. The third-order valence-electron chi connectivity index (χ3n) is 2.76. The Kier molecular flexibility index (Phi) is 5.56. The summed E-state index contributed by atoms with van der Waals surface area (Å²) < 4.78 is 10.3. The third-order valence-corrected chi connectivity index (χ3v) is 2.76. The number of nitrogens with zero attached hydrogens (tertiary/aromatic N) is 1. The molecule has 2 N–H and O–H groups in total. The van der Waals surface area contributed by atoms with E-state index < -0.39 is 11.7 Å². The first-order chi connectivity index (χ1) is 9.19. The Morgan fingerprint density at radius 1 is 1.40 bits per heavy atom. The van der Waals surface area contributed by atoms with E-state index in [0.717, 1.165) is 17.0 Å². The van der Waals surface area contributed by atoms with Gasteiger partial charge in [-0.2, -0.15) is 0 Å². The fourth-order valence-corrected chi connectivity index (χ4v) is 1.65. The summed E-state index contributed by atoms with van der Waals surface area (Å²) >= 11 is 0.